The van der Waals surface area contributed by atoms with Gasteiger partial charge >= 0.3 is 12.1 Å². The van der Waals surface area contributed by atoms with Gasteiger partial charge in [0.2, 0.25) is 11.5 Å². The first-order valence-electron chi connectivity index (χ1n) is 11.5. The number of carboxylic acid groups (broad SMARTS) is 1. The van der Waals surface area contributed by atoms with Gasteiger partial charge in [-0.05, 0) is 45.4 Å². The third-order valence-electron chi connectivity index (χ3n) is 6.55. The van der Waals surface area contributed by atoms with E-state index in [1.165, 1.54) is 4.90 Å². The van der Waals surface area contributed by atoms with Crippen LogP contribution in [-0.2, 0) is 9.53 Å². The van der Waals surface area contributed by atoms with Crippen molar-refractivity contribution in [1.29, 1.82) is 0 Å². The summed E-state index contributed by atoms with van der Waals surface area (Å²) < 4.78 is 10.2. The third-order valence-corrected chi connectivity index (χ3v) is 6.55. The summed E-state index contributed by atoms with van der Waals surface area (Å²) >= 11 is 0. The Morgan fingerprint density at radius 1 is 1.00 bits per heavy atom. The molecule has 0 spiro atoms. The predicted octanol–water partition coefficient (Wildman–Crippen LogP) is 3.90. The van der Waals surface area contributed by atoms with E-state index in [0.29, 0.717) is 19.3 Å². The number of hydrogen-bond acceptors (Lipinski definition) is 7. The summed E-state index contributed by atoms with van der Waals surface area (Å²) in [5, 5.41) is 19.2. The van der Waals surface area contributed by atoms with Gasteiger partial charge in [0.25, 0.3) is 5.91 Å². The number of hydrogen-bond donors (Lipinski definition) is 2. The number of fused-ring (bicyclic) bond motifs is 3. The molecule has 5 rings (SSSR count). The molecule has 1 aromatic heterocycles. The molecular formula is C25H24N4O6. The number of aliphatic carboxylic acids is 1. The van der Waals surface area contributed by atoms with Crippen LogP contribution in [0.1, 0.15) is 53.2 Å². The first kappa shape index (κ1) is 22.6. The smallest absolute Gasteiger partial charge is 0.412 e. The number of anilines is 1. The Kier molecular flexibility index (Phi) is 6.17. The molecule has 180 valence electrons. The number of ether oxygens (including phenoxy) is 1. The number of rotatable bonds is 5. The van der Waals surface area contributed by atoms with E-state index in [4.69, 9.17) is 9.37 Å². The van der Waals surface area contributed by atoms with E-state index < -0.39 is 24.0 Å². The lowest BCUT2D eigenvalue weighted by Crippen LogP contribution is -2.45. The number of carbonyl (C=O) groups excluding carboxylic acids is 2. The molecule has 0 radical (unpaired) electrons. The molecule has 1 atom stereocenters. The number of nitrogens with zero attached hydrogens (tertiary/aromatic N) is 3. The van der Waals surface area contributed by atoms with Crippen LogP contribution in [0.25, 0.3) is 11.1 Å². The minimum absolute atomic E-state index is 0.0850. The summed E-state index contributed by atoms with van der Waals surface area (Å²) in [6, 6.07) is 15.0. The highest BCUT2D eigenvalue weighted by Gasteiger charge is 2.35. The van der Waals surface area contributed by atoms with Crippen molar-refractivity contribution in [2.75, 3.05) is 18.5 Å². The number of benzene rings is 2. The van der Waals surface area contributed by atoms with Crippen LogP contribution in [0.5, 0.6) is 0 Å². The number of carboxylic acids is 1. The monoisotopic (exact) mass is 476 g/mol. The van der Waals surface area contributed by atoms with Gasteiger partial charge in [0.15, 0.2) is 0 Å². The summed E-state index contributed by atoms with van der Waals surface area (Å²) in [7, 11) is 0. The molecule has 2 aromatic carbocycles. The number of likely N-dealkylation sites (tertiary alicyclic amines) is 1. The summed E-state index contributed by atoms with van der Waals surface area (Å²) in [5.74, 6) is -2.07. The van der Waals surface area contributed by atoms with Crippen molar-refractivity contribution in [3.63, 3.8) is 0 Å². The Balaban J connectivity index is 1.28. The van der Waals surface area contributed by atoms with Crippen molar-refractivity contribution in [3.8, 4) is 11.1 Å². The zero-order valence-corrected chi connectivity index (χ0v) is 18.8. The highest BCUT2D eigenvalue weighted by atomic mass is 16.6. The molecule has 2 amide bonds. The molecule has 3 aromatic rings. The normalized spacial score (nSPS) is 17.3. The summed E-state index contributed by atoms with van der Waals surface area (Å²) in [5.41, 5.74) is 4.10. The van der Waals surface area contributed by atoms with Gasteiger partial charge in [0, 0.05) is 12.5 Å². The van der Waals surface area contributed by atoms with Crippen molar-refractivity contribution in [2.45, 2.75) is 37.6 Å². The summed E-state index contributed by atoms with van der Waals surface area (Å²) in [6.45, 7) is 0.356. The third kappa shape index (κ3) is 4.34. The number of carbonyl (C=O) groups is 3. The Hall–Kier alpha value is -4.21. The van der Waals surface area contributed by atoms with Crippen molar-refractivity contribution in [1.82, 2.24) is 15.2 Å². The maximum atomic E-state index is 13.1. The molecular weight excluding hydrogens is 452 g/mol. The molecule has 2 heterocycles. The Labute approximate surface area is 200 Å². The second-order valence-corrected chi connectivity index (χ2v) is 8.61. The lowest BCUT2D eigenvalue weighted by molar-refractivity contribution is -0.142. The lowest BCUT2D eigenvalue weighted by atomic mass is 9.98. The fourth-order valence-corrected chi connectivity index (χ4v) is 4.89. The zero-order chi connectivity index (χ0) is 24.4. The van der Waals surface area contributed by atoms with Crippen molar-refractivity contribution in [2.24, 2.45) is 0 Å². The topological polar surface area (TPSA) is 135 Å². The van der Waals surface area contributed by atoms with Crippen LogP contribution in [0.4, 0.5) is 10.6 Å². The maximum absolute atomic E-state index is 13.1. The fourth-order valence-electron chi connectivity index (χ4n) is 4.89. The van der Waals surface area contributed by atoms with Gasteiger partial charge in [-0.1, -0.05) is 61.4 Å². The molecule has 0 saturated carbocycles. The minimum Gasteiger partial charge on any atom is -0.480 e. The van der Waals surface area contributed by atoms with E-state index in [9.17, 15) is 19.5 Å². The zero-order valence-electron chi connectivity index (χ0n) is 18.8. The van der Waals surface area contributed by atoms with E-state index in [1.54, 1.807) is 0 Å². The molecule has 1 aliphatic carbocycles. The average molecular weight is 476 g/mol. The first-order chi connectivity index (χ1) is 17.0. The largest absolute Gasteiger partial charge is 0.480 e. The van der Waals surface area contributed by atoms with Gasteiger partial charge in [-0.3, -0.25) is 10.1 Å². The molecule has 10 heteroatoms. The van der Waals surface area contributed by atoms with E-state index in [2.05, 4.69) is 15.6 Å². The predicted molar refractivity (Wildman–Crippen MR) is 124 cm³/mol. The maximum Gasteiger partial charge on any atom is 0.412 e. The van der Waals surface area contributed by atoms with E-state index in [1.807, 2.05) is 48.5 Å². The second-order valence-electron chi connectivity index (χ2n) is 8.61. The summed E-state index contributed by atoms with van der Waals surface area (Å²) in [6.07, 6.45) is 1.75. The van der Waals surface area contributed by atoms with Crippen molar-refractivity contribution >= 4 is 23.8 Å². The van der Waals surface area contributed by atoms with E-state index in [0.717, 1.165) is 28.7 Å². The first-order valence-corrected chi connectivity index (χ1v) is 11.5. The van der Waals surface area contributed by atoms with Crippen LogP contribution in [0.15, 0.2) is 53.2 Å². The molecule has 1 aliphatic heterocycles. The highest BCUT2D eigenvalue weighted by Crippen LogP contribution is 2.44. The van der Waals surface area contributed by atoms with Crippen LogP contribution in [0.3, 0.4) is 0 Å². The Morgan fingerprint density at radius 2 is 1.69 bits per heavy atom. The van der Waals surface area contributed by atoms with Crippen LogP contribution in [0.2, 0.25) is 0 Å². The number of aromatic nitrogens is 2. The Bertz CT molecular complexity index is 1230. The van der Waals surface area contributed by atoms with Gasteiger partial charge in [-0.15, -0.1) is 0 Å². The molecule has 1 unspecified atom stereocenters. The van der Waals surface area contributed by atoms with Gasteiger partial charge < -0.3 is 14.7 Å². The van der Waals surface area contributed by atoms with Gasteiger partial charge in [0.05, 0.1) is 0 Å². The molecule has 2 N–H and O–H groups in total. The Morgan fingerprint density at radius 3 is 2.37 bits per heavy atom. The van der Waals surface area contributed by atoms with Crippen molar-refractivity contribution < 1.29 is 28.9 Å². The number of nitrogens with one attached hydrogen (secondary N) is 1. The van der Waals surface area contributed by atoms with Gasteiger partial charge in [0.1, 0.15) is 12.6 Å². The van der Waals surface area contributed by atoms with Gasteiger partial charge in [-0.2, -0.15) is 0 Å². The van der Waals surface area contributed by atoms with E-state index in [-0.39, 0.29) is 30.6 Å². The molecule has 35 heavy (non-hydrogen) atoms. The van der Waals surface area contributed by atoms with Crippen LogP contribution < -0.4 is 5.32 Å². The average Bonchev–Trinajstić information content (AvgIpc) is 3.35. The van der Waals surface area contributed by atoms with Crippen molar-refractivity contribution in [3.05, 3.63) is 65.4 Å². The van der Waals surface area contributed by atoms with Crippen LogP contribution >= 0.6 is 0 Å². The quantitative estimate of drug-likeness (QED) is 0.566. The van der Waals surface area contributed by atoms with Crippen LogP contribution in [-0.4, -0.2) is 57.5 Å². The molecule has 2 aliphatic rings. The highest BCUT2D eigenvalue weighted by molar-refractivity contribution is 6.01. The second kappa shape index (κ2) is 9.57. The molecule has 10 nitrogen and oxygen atoms in total. The van der Waals surface area contributed by atoms with Crippen LogP contribution in [0, 0.1) is 0 Å². The lowest BCUT2D eigenvalue weighted by Gasteiger charge is -2.26. The van der Waals surface area contributed by atoms with E-state index >= 15 is 0 Å². The SMILES string of the molecule is O=C(Nc1nonc1C(=O)N1CCCCCC1C(=O)O)OCC1c2ccccc2-c2ccccc21. The molecule has 0 bridgehead atoms. The fraction of sp³-hybridized carbons (Fsp3) is 0.320. The molecule has 1 saturated heterocycles. The van der Waals surface area contributed by atoms with Gasteiger partial charge in [-0.25, -0.2) is 14.2 Å². The minimum atomic E-state index is -1.08. The standard InChI is InChI=1S/C25H24N4O6/c30-23(29-13-7-1-2-12-20(29)24(31)32)21-22(28-35-27-21)26-25(33)34-14-19-17-10-5-3-8-15(17)16-9-4-6-11-18(16)19/h3-6,8-11,19-20H,1-2,7,12-14H2,(H,31,32)(H,26,28,33). The molecule has 1 fully saturated rings. The summed E-state index contributed by atoms with van der Waals surface area (Å²) in [4.78, 5) is 38.6. The number of amides is 2.